The van der Waals surface area contributed by atoms with Crippen molar-refractivity contribution in [2.24, 2.45) is 11.3 Å². The Hall–Kier alpha value is -2.08. The number of hydrogen-bond acceptors (Lipinski definition) is 4. The summed E-state index contributed by atoms with van der Waals surface area (Å²) in [5, 5.41) is 13.4. The van der Waals surface area contributed by atoms with Gasteiger partial charge in [0.2, 0.25) is 0 Å². The molecule has 166 valence electrons. The maximum absolute atomic E-state index is 13.1. The number of ether oxygens (including phenoxy) is 1. The predicted molar refractivity (Wildman–Crippen MR) is 116 cm³/mol. The van der Waals surface area contributed by atoms with Gasteiger partial charge in [0, 0.05) is 0 Å². The Kier molecular flexibility index (Phi) is 6.46. The number of urea groups is 1. The second-order valence-electron chi connectivity index (χ2n) is 9.78. The molecule has 1 aliphatic heterocycles. The summed E-state index contributed by atoms with van der Waals surface area (Å²) in [4.78, 5) is 26.8. The summed E-state index contributed by atoms with van der Waals surface area (Å²) in [6.45, 7) is 10.7. The van der Waals surface area contributed by atoms with Crippen molar-refractivity contribution in [1.82, 2.24) is 10.2 Å². The van der Waals surface area contributed by atoms with E-state index in [0.29, 0.717) is 24.5 Å². The number of carbonyl (C=O) groups excluding carboxylic acids is 2. The third-order valence-corrected chi connectivity index (χ3v) is 7.26. The van der Waals surface area contributed by atoms with Gasteiger partial charge in [-0.05, 0) is 62.5 Å². The molecule has 2 fully saturated rings. The molecular weight excluding hydrogens is 380 g/mol. The predicted octanol–water partition coefficient (Wildman–Crippen LogP) is 3.96. The highest BCUT2D eigenvalue weighted by Crippen LogP contribution is 2.45. The lowest BCUT2D eigenvalue weighted by Crippen LogP contribution is -2.51. The van der Waals surface area contributed by atoms with Crippen LogP contribution in [-0.4, -0.2) is 46.7 Å². The van der Waals surface area contributed by atoms with Gasteiger partial charge in [0.1, 0.15) is 24.0 Å². The van der Waals surface area contributed by atoms with Crippen LogP contribution < -0.4 is 10.1 Å². The van der Waals surface area contributed by atoms with Crippen LogP contribution in [0.1, 0.15) is 64.0 Å². The Morgan fingerprint density at radius 3 is 2.53 bits per heavy atom. The lowest BCUT2D eigenvalue weighted by molar-refractivity contribution is -0.134. The van der Waals surface area contributed by atoms with E-state index in [0.717, 1.165) is 30.4 Å². The lowest BCUT2D eigenvalue weighted by atomic mass is 9.65. The number of nitrogens with zero attached hydrogens (tertiary/aromatic N) is 1. The molecule has 1 unspecified atom stereocenters. The van der Waals surface area contributed by atoms with Crippen molar-refractivity contribution in [3.8, 4) is 5.75 Å². The maximum Gasteiger partial charge on any atom is 0.325 e. The van der Waals surface area contributed by atoms with E-state index in [1.807, 2.05) is 32.0 Å². The monoisotopic (exact) mass is 416 g/mol. The minimum Gasteiger partial charge on any atom is -0.491 e. The van der Waals surface area contributed by atoms with E-state index >= 15 is 0 Å². The molecule has 1 spiro atoms. The van der Waals surface area contributed by atoms with Crippen molar-refractivity contribution < 1.29 is 19.4 Å². The number of aliphatic hydroxyl groups excluding tert-OH is 1. The standard InChI is InChI=1S/C24H36N2O4/c1-6-23(4,5)18-9-11-24(12-10-18)21(28)26(22(29)25-24)14-19(27)15-30-20-8-7-16(2)13-17(20)3/h7-8,13,18-19,27H,6,9-12,14-15H2,1-5H3,(H,25,29). The highest BCUT2D eigenvalue weighted by molar-refractivity contribution is 6.07. The summed E-state index contributed by atoms with van der Waals surface area (Å²) < 4.78 is 5.72. The Balaban J connectivity index is 1.57. The van der Waals surface area contributed by atoms with Crippen molar-refractivity contribution >= 4 is 11.9 Å². The number of β-amino-alcohol motifs (C(OH)–C–C–N with tert-alkyl or cyclic N) is 1. The van der Waals surface area contributed by atoms with Crippen LogP contribution in [0.2, 0.25) is 0 Å². The van der Waals surface area contributed by atoms with Crippen LogP contribution in [0.5, 0.6) is 5.75 Å². The topological polar surface area (TPSA) is 78.9 Å². The highest BCUT2D eigenvalue weighted by atomic mass is 16.5. The van der Waals surface area contributed by atoms with Crippen molar-refractivity contribution in [3.05, 3.63) is 29.3 Å². The molecule has 30 heavy (non-hydrogen) atoms. The van der Waals surface area contributed by atoms with Crippen LogP contribution in [0.3, 0.4) is 0 Å². The molecule has 1 aliphatic carbocycles. The SMILES string of the molecule is CCC(C)(C)C1CCC2(CC1)NC(=O)N(CC(O)COc1ccc(C)cc1C)C2=O. The van der Waals surface area contributed by atoms with Crippen LogP contribution in [0, 0.1) is 25.2 Å². The minimum absolute atomic E-state index is 0.0285. The van der Waals surface area contributed by atoms with Gasteiger partial charge in [-0.2, -0.15) is 0 Å². The van der Waals surface area contributed by atoms with E-state index in [1.54, 1.807) is 0 Å². The van der Waals surface area contributed by atoms with Gasteiger partial charge in [-0.25, -0.2) is 4.79 Å². The van der Waals surface area contributed by atoms with Gasteiger partial charge in [-0.3, -0.25) is 9.69 Å². The molecule has 1 atom stereocenters. The smallest absolute Gasteiger partial charge is 0.325 e. The second kappa shape index (κ2) is 8.58. The molecule has 2 N–H and O–H groups in total. The number of hydrogen-bond donors (Lipinski definition) is 2. The third-order valence-electron chi connectivity index (χ3n) is 7.26. The van der Waals surface area contributed by atoms with Gasteiger partial charge in [0.25, 0.3) is 5.91 Å². The normalized spacial score (nSPS) is 25.5. The number of benzene rings is 1. The minimum atomic E-state index is -0.939. The number of carbonyl (C=O) groups is 2. The van der Waals surface area contributed by atoms with Crippen molar-refractivity contribution in [3.63, 3.8) is 0 Å². The number of amides is 3. The molecule has 0 aromatic heterocycles. The number of rotatable bonds is 7. The van der Waals surface area contributed by atoms with E-state index in [9.17, 15) is 14.7 Å². The van der Waals surface area contributed by atoms with Crippen LogP contribution >= 0.6 is 0 Å². The fraction of sp³-hybridized carbons (Fsp3) is 0.667. The Morgan fingerprint density at radius 1 is 1.27 bits per heavy atom. The summed E-state index contributed by atoms with van der Waals surface area (Å²) in [5.41, 5.74) is 1.57. The molecule has 1 aromatic carbocycles. The molecule has 6 nitrogen and oxygen atoms in total. The largest absolute Gasteiger partial charge is 0.491 e. The Labute approximate surface area is 180 Å². The van der Waals surface area contributed by atoms with Crippen molar-refractivity contribution in [2.75, 3.05) is 13.2 Å². The molecule has 6 heteroatoms. The third kappa shape index (κ3) is 4.48. The summed E-state index contributed by atoms with van der Waals surface area (Å²) in [6, 6.07) is 5.43. The van der Waals surface area contributed by atoms with Crippen LogP contribution in [-0.2, 0) is 4.79 Å². The van der Waals surface area contributed by atoms with Crippen molar-refractivity contribution in [2.45, 2.75) is 78.4 Å². The Morgan fingerprint density at radius 2 is 1.93 bits per heavy atom. The first-order valence-corrected chi connectivity index (χ1v) is 11.1. The van der Waals surface area contributed by atoms with Gasteiger partial charge >= 0.3 is 6.03 Å². The average Bonchev–Trinajstić information content (AvgIpc) is 2.91. The first kappa shape index (κ1) is 22.6. The number of imide groups is 1. The lowest BCUT2D eigenvalue weighted by Gasteiger charge is -2.42. The number of aryl methyl sites for hydroxylation is 2. The fourth-order valence-corrected chi connectivity index (χ4v) is 4.77. The van der Waals surface area contributed by atoms with Gasteiger partial charge in [0.15, 0.2) is 0 Å². The van der Waals surface area contributed by atoms with Gasteiger partial charge in [0.05, 0.1) is 6.54 Å². The molecule has 3 amide bonds. The Bertz CT molecular complexity index is 796. The fourth-order valence-electron chi connectivity index (χ4n) is 4.77. The molecule has 1 saturated carbocycles. The van der Waals surface area contributed by atoms with Crippen LogP contribution in [0.4, 0.5) is 4.79 Å². The number of aliphatic hydroxyl groups is 1. The average molecular weight is 417 g/mol. The molecule has 3 rings (SSSR count). The molecule has 1 aromatic rings. The summed E-state index contributed by atoms with van der Waals surface area (Å²) in [7, 11) is 0. The maximum atomic E-state index is 13.1. The second-order valence-corrected chi connectivity index (χ2v) is 9.78. The van der Waals surface area contributed by atoms with Gasteiger partial charge in [-0.15, -0.1) is 0 Å². The van der Waals surface area contributed by atoms with E-state index < -0.39 is 17.7 Å². The first-order valence-electron chi connectivity index (χ1n) is 11.1. The zero-order valence-corrected chi connectivity index (χ0v) is 19.0. The zero-order chi connectivity index (χ0) is 22.1. The quantitative estimate of drug-likeness (QED) is 0.660. The van der Waals surface area contributed by atoms with E-state index in [4.69, 9.17) is 4.74 Å². The highest BCUT2D eigenvalue weighted by Gasteiger charge is 2.53. The van der Waals surface area contributed by atoms with Crippen LogP contribution in [0.15, 0.2) is 18.2 Å². The van der Waals surface area contributed by atoms with E-state index in [-0.39, 0.29) is 24.5 Å². The number of nitrogens with one attached hydrogen (secondary N) is 1. The van der Waals surface area contributed by atoms with Gasteiger partial charge < -0.3 is 15.2 Å². The summed E-state index contributed by atoms with van der Waals surface area (Å²) in [6.07, 6.45) is 3.35. The first-order chi connectivity index (χ1) is 14.1. The molecule has 1 heterocycles. The van der Waals surface area contributed by atoms with E-state index in [1.165, 1.54) is 4.90 Å². The van der Waals surface area contributed by atoms with Crippen molar-refractivity contribution in [1.29, 1.82) is 0 Å². The zero-order valence-electron chi connectivity index (χ0n) is 19.0. The molecular formula is C24H36N2O4. The molecule has 0 radical (unpaired) electrons. The molecule has 0 bridgehead atoms. The molecule has 1 saturated heterocycles. The summed E-state index contributed by atoms with van der Waals surface area (Å²) in [5.74, 6) is 1.06. The van der Waals surface area contributed by atoms with E-state index in [2.05, 4.69) is 26.1 Å². The molecule has 2 aliphatic rings. The van der Waals surface area contributed by atoms with Crippen LogP contribution in [0.25, 0.3) is 0 Å². The summed E-state index contributed by atoms with van der Waals surface area (Å²) >= 11 is 0. The van der Waals surface area contributed by atoms with Gasteiger partial charge in [-0.1, -0.05) is 44.9 Å².